The number of aryl methyl sites for hydroxylation is 1. The van der Waals surface area contributed by atoms with Gasteiger partial charge in [0.05, 0.1) is 7.11 Å². The number of rotatable bonds is 5. The maximum absolute atomic E-state index is 9.26. The first-order valence-electron chi connectivity index (χ1n) is 8.55. The summed E-state index contributed by atoms with van der Waals surface area (Å²) < 4.78 is 5.20. The highest BCUT2D eigenvalue weighted by Gasteiger charge is 2.12. The third kappa shape index (κ3) is 5.21. The fraction of sp³-hybridized carbons (Fsp3) is 0.0833. The van der Waals surface area contributed by atoms with E-state index in [2.05, 4.69) is 0 Å². The molecule has 0 aliphatic rings. The van der Waals surface area contributed by atoms with Gasteiger partial charge in [0.15, 0.2) is 0 Å². The zero-order chi connectivity index (χ0) is 21.2. The first-order chi connectivity index (χ1) is 14.1. The summed E-state index contributed by atoms with van der Waals surface area (Å²) in [5.74, 6) is 0.653. The average Bonchev–Trinajstić information content (AvgIpc) is 2.77. The SMILES string of the molecule is COc1ccc(/C(C=C(C#N)C#N)=C(\C=C(C#N)C#N)c2ccc(C)cc2)cc1. The van der Waals surface area contributed by atoms with Gasteiger partial charge >= 0.3 is 0 Å². The Labute approximate surface area is 169 Å². The summed E-state index contributed by atoms with van der Waals surface area (Å²) in [6, 6.07) is 22.1. The number of hydrogen-bond donors (Lipinski definition) is 0. The molecule has 0 unspecified atom stereocenters. The number of benzene rings is 2. The molecule has 2 rings (SSSR count). The number of hydrogen-bond acceptors (Lipinski definition) is 5. The summed E-state index contributed by atoms with van der Waals surface area (Å²) >= 11 is 0. The van der Waals surface area contributed by atoms with E-state index in [1.165, 1.54) is 12.2 Å². The van der Waals surface area contributed by atoms with Crippen LogP contribution in [0.5, 0.6) is 5.75 Å². The third-order valence-corrected chi connectivity index (χ3v) is 4.11. The van der Waals surface area contributed by atoms with Crippen LogP contribution < -0.4 is 4.74 Å². The maximum Gasteiger partial charge on any atom is 0.130 e. The van der Waals surface area contributed by atoms with Gasteiger partial charge in [-0.25, -0.2) is 0 Å². The Morgan fingerprint density at radius 2 is 1.07 bits per heavy atom. The largest absolute Gasteiger partial charge is 0.497 e. The minimum absolute atomic E-state index is 0.0875. The van der Waals surface area contributed by atoms with Gasteiger partial charge in [0, 0.05) is 0 Å². The zero-order valence-corrected chi connectivity index (χ0v) is 16.0. The second-order valence-corrected chi connectivity index (χ2v) is 5.99. The molecular formula is C24H16N4O. The number of allylic oxidation sites excluding steroid dienone is 6. The Hall–Kier alpha value is -4.58. The first kappa shape index (κ1) is 20.7. The summed E-state index contributed by atoms with van der Waals surface area (Å²) in [6.07, 6.45) is 2.92. The van der Waals surface area contributed by atoms with E-state index in [1.54, 1.807) is 31.4 Å². The highest BCUT2D eigenvalue weighted by molar-refractivity contribution is 6.01. The topological polar surface area (TPSA) is 104 Å². The minimum Gasteiger partial charge on any atom is -0.497 e. The molecule has 0 aliphatic carbocycles. The molecule has 0 bridgehead atoms. The standard InChI is InChI=1S/C24H16N4O/c1-17-3-5-20(6-4-17)23(11-18(13-25)14-26)24(12-19(15-27)16-28)21-7-9-22(29-2)10-8-21/h3-12H,1-2H3/b24-23+. The van der Waals surface area contributed by atoms with Crippen molar-refractivity contribution in [3.8, 4) is 30.0 Å². The molecule has 0 amide bonds. The normalized spacial score (nSPS) is 10.1. The quantitative estimate of drug-likeness (QED) is 0.421. The zero-order valence-electron chi connectivity index (χ0n) is 16.0. The molecule has 29 heavy (non-hydrogen) atoms. The summed E-state index contributed by atoms with van der Waals surface area (Å²) in [7, 11) is 1.56. The van der Waals surface area contributed by atoms with E-state index in [9.17, 15) is 21.0 Å². The molecule has 0 heterocycles. The van der Waals surface area contributed by atoms with Gasteiger partial charge in [0.1, 0.15) is 41.2 Å². The van der Waals surface area contributed by atoms with Gasteiger partial charge in [-0.15, -0.1) is 0 Å². The van der Waals surface area contributed by atoms with Gasteiger partial charge in [-0.05, 0) is 53.5 Å². The Morgan fingerprint density at radius 1 is 0.690 bits per heavy atom. The predicted molar refractivity (Wildman–Crippen MR) is 110 cm³/mol. The third-order valence-electron chi connectivity index (χ3n) is 4.11. The molecule has 0 aromatic heterocycles. The number of methoxy groups -OCH3 is 1. The van der Waals surface area contributed by atoms with Gasteiger partial charge in [-0.3, -0.25) is 0 Å². The minimum atomic E-state index is -0.0932. The number of nitrogens with zero attached hydrogens (tertiary/aromatic N) is 4. The van der Waals surface area contributed by atoms with E-state index in [-0.39, 0.29) is 11.1 Å². The van der Waals surface area contributed by atoms with Crippen LogP contribution in [-0.2, 0) is 0 Å². The fourth-order valence-corrected chi connectivity index (χ4v) is 2.60. The first-order valence-corrected chi connectivity index (χ1v) is 8.55. The monoisotopic (exact) mass is 376 g/mol. The van der Waals surface area contributed by atoms with E-state index in [1.807, 2.05) is 55.5 Å². The van der Waals surface area contributed by atoms with Gasteiger partial charge in [0.2, 0.25) is 0 Å². The summed E-state index contributed by atoms with van der Waals surface area (Å²) in [4.78, 5) is 0. The van der Waals surface area contributed by atoms with Crippen LogP contribution in [0.25, 0.3) is 11.1 Å². The predicted octanol–water partition coefficient (Wildman–Crippen LogP) is 4.86. The van der Waals surface area contributed by atoms with E-state index in [4.69, 9.17) is 4.74 Å². The molecule has 2 aromatic rings. The van der Waals surface area contributed by atoms with Crippen LogP contribution in [-0.4, -0.2) is 7.11 Å². The second kappa shape index (κ2) is 9.94. The molecule has 0 N–H and O–H groups in total. The van der Waals surface area contributed by atoms with Crippen LogP contribution in [0.15, 0.2) is 71.8 Å². The van der Waals surface area contributed by atoms with Crippen molar-refractivity contribution < 1.29 is 4.74 Å². The molecule has 0 fully saturated rings. The molecule has 0 saturated carbocycles. The molecule has 5 heteroatoms. The van der Waals surface area contributed by atoms with Crippen molar-refractivity contribution in [1.82, 2.24) is 0 Å². The van der Waals surface area contributed by atoms with Crippen LogP contribution in [0.1, 0.15) is 16.7 Å². The van der Waals surface area contributed by atoms with Crippen molar-refractivity contribution in [1.29, 1.82) is 21.0 Å². The summed E-state index contributed by atoms with van der Waals surface area (Å²) in [5, 5.41) is 37.0. The highest BCUT2D eigenvalue weighted by atomic mass is 16.5. The number of ether oxygens (including phenoxy) is 1. The Morgan fingerprint density at radius 3 is 1.41 bits per heavy atom. The fourth-order valence-electron chi connectivity index (χ4n) is 2.60. The lowest BCUT2D eigenvalue weighted by atomic mass is 9.91. The molecular weight excluding hydrogens is 360 g/mol. The van der Waals surface area contributed by atoms with Crippen LogP contribution >= 0.6 is 0 Å². The van der Waals surface area contributed by atoms with Gasteiger partial charge in [0.25, 0.3) is 0 Å². The molecule has 138 valence electrons. The van der Waals surface area contributed by atoms with Crippen LogP contribution in [0.3, 0.4) is 0 Å². The van der Waals surface area contributed by atoms with Gasteiger partial charge < -0.3 is 4.74 Å². The molecule has 0 aliphatic heterocycles. The smallest absolute Gasteiger partial charge is 0.130 e. The summed E-state index contributed by atoms with van der Waals surface area (Å²) in [5.41, 5.74) is 3.41. The van der Waals surface area contributed by atoms with Crippen molar-refractivity contribution in [3.63, 3.8) is 0 Å². The summed E-state index contributed by atoms with van der Waals surface area (Å²) in [6.45, 7) is 1.95. The molecule has 2 aromatic carbocycles. The highest BCUT2D eigenvalue weighted by Crippen LogP contribution is 2.31. The van der Waals surface area contributed by atoms with Gasteiger partial charge in [-0.1, -0.05) is 42.0 Å². The molecule has 0 atom stereocenters. The second-order valence-electron chi connectivity index (χ2n) is 5.99. The average molecular weight is 376 g/mol. The lowest BCUT2D eigenvalue weighted by Crippen LogP contribution is -1.93. The van der Waals surface area contributed by atoms with Crippen molar-refractivity contribution in [3.05, 3.63) is 88.5 Å². The van der Waals surface area contributed by atoms with Crippen molar-refractivity contribution in [2.24, 2.45) is 0 Å². The van der Waals surface area contributed by atoms with Gasteiger partial charge in [-0.2, -0.15) is 21.0 Å². The molecule has 0 spiro atoms. The van der Waals surface area contributed by atoms with Crippen LogP contribution in [0, 0.1) is 52.2 Å². The van der Waals surface area contributed by atoms with Crippen molar-refractivity contribution in [2.45, 2.75) is 6.92 Å². The lowest BCUT2D eigenvalue weighted by Gasteiger charge is -2.12. The maximum atomic E-state index is 9.26. The Balaban J connectivity index is 2.93. The van der Waals surface area contributed by atoms with E-state index < -0.39 is 0 Å². The van der Waals surface area contributed by atoms with E-state index in [0.29, 0.717) is 22.5 Å². The van der Waals surface area contributed by atoms with E-state index in [0.717, 1.165) is 11.1 Å². The van der Waals surface area contributed by atoms with Crippen LogP contribution in [0.2, 0.25) is 0 Å². The lowest BCUT2D eigenvalue weighted by molar-refractivity contribution is 0.415. The molecule has 0 saturated heterocycles. The molecule has 0 radical (unpaired) electrons. The van der Waals surface area contributed by atoms with Crippen molar-refractivity contribution in [2.75, 3.05) is 7.11 Å². The van der Waals surface area contributed by atoms with E-state index >= 15 is 0 Å². The van der Waals surface area contributed by atoms with Crippen molar-refractivity contribution >= 4 is 11.1 Å². The Bertz CT molecular complexity index is 1120. The molecule has 5 nitrogen and oxygen atoms in total. The van der Waals surface area contributed by atoms with Crippen LogP contribution in [0.4, 0.5) is 0 Å². The number of nitriles is 4. The Kier molecular flexibility index (Phi) is 7.10.